The lowest BCUT2D eigenvalue weighted by atomic mass is 9.89. The highest BCUT2D eigenvalue weighted by molar-refractivity contribution is 6.06. The molecule has 2 aromatic carbocycles. The average molecular weight is 514 g/mol. The molecule has 3 aromatic rings. The second-order valence-electron chi connectivity index (χ2n) is 8.94. The first-order chi connectivity index (χ1) is 18.4. The number of amides is 1. The third kappa shape index (κ3) is 6.78. The number of hydrogen-bond donors (Lipinski definition) is 2. The zero-order valence-electron chi connectivity index (χ0n) is 20.8. The molecule has 0 aliphatic carbocycles. The highest BCUT2D eigenvalue weighted by Gasteiger charge is 2.27. The van der Waals surface area contributed by atoms with Gasteiger partial charge in [0.05, 0.1) is 17.6 Å². The van der Waals surface area contributed by atoms with Crippen LogP contribution in [0.5, 0.6) is 0 Å². The second-order valence-corrected chi connectivity index (χ2v) is 8.94. The molecule has 1 fully saturated rings. The van der Waals surface area contributed by atoms with Crippen molar-refractivity contribution in [1.82, 2.24) is 15.2 Å². The van der Waals surface area contributed by atoms with Gasteiger partial charge < -0.3 is 15.5 Å². The molecule has 0 atom stereocenters. The lowest BCUT2D eigenvalue weighted by Gasteiger charge is -2.33. The predicted octanol–water partition coefficient (Wildman–Crippen LogP) is 3.48. The number of piperidine rings is 1. The number of Topliss-reactive ketones (excluding diaryl/α,β-unsaturated/α-hetero) is 1. The molecule has 0 spiro atoms. The average Bonchev–Trinajstić information content (AvgIpc) is 2.94. The highest BCUT2D eigenvalue weighted by atomic mass is 19.1. The van der Waals surface area contributed by atoms with Gasteiger partial charge in [0.15, 0.2) is 12.0 Å². The van der Waals surface area contributed by atoms with Crippen LogP contribution >= 0.6 is 0 Å². The van der Waals surface area contributed by atoms with Crippen LogP contribution in [0.2, 0.25) is 0 Å². The van der Waals surface area contributed by atoms with E-state index in [1.54, 1.807) is 66.0 Å². The summed E-state index contributed by atoms with van der Waals surface area (Å²) in [4.78, 5) is 38.4. The molecule has 1 aromatic heterocycles. The molecule has 1 aliphatic heterocycles. The van der Waals surface area contributed by atoms with Crippen molar-refractivity contribution < 1.29 is 14.0 Å². The Morgan fingerprint density at radius 1 is 1.11 bits per heavy atom. The molecule has 10 heteroatoms. The van der Waals surface area contributed by atoms with E-state index >= 15 is 0 Å². The van der Waals surface area contributed by atoms with Crippen LogP contribution in [0.15, 0.2) is 78.0 Å². The number of likely N-dealkylation sites (tertiary alicyclic amines) is 1. The summed E-state index contributed by atoms with van der Waals surface area (Å²) in [5.41, 5.74) is 7.81. The number of benzene rings is 2. The molecule has 2 heterocycles. The smallest absolute Gasteiger partial charge is 0.258 e. The number of pyridine rings is 1. The second kappa shape index (κ2) is 12.6. The van der Waals surface area contributed by atoms with Gasteiger partial charge in [0, 0.05) is 36.3 Å². The Morgan fingerprint density at radius 2 is 1.79 bits per heavy atom. The number of nitriles is 1. The van der Waals surface area contributed by atoms with Gasteiger partial charge in [-0.05, 0) is 86.6 Å². The number of nitrogens with zero attached hydrogens (tertiary/aromatic N) is 5. The number of hydrogen-bond acceptors (Lipinski definition) is 6. The Morgan fingerprint density at radius 3 is 2.42 bits per heavy atom. The molecule has 1 aliphatic rings. The molecule has 0 radical (unpaired) electrons. The van der Waals surface area contributed by atoms with Gasteiger partial charge in [-0.2, -0.15) is 5.26 Å². The summed E-state index contributed by atoms with van der Waals surface area (Å²) in [5.74, 6) is -0.614. The van der Waals surface area contributed by atoms with Crippen LogP contribution in [0.25, 0.3) is 0 Å². The predicted molar refractivity (Wildman–Crippen MR) is 142 cm³/mol. The molecular formula is C28H28FN7O2. The first-order valence-electron chi connectivity index (χ1n) is 12.3. The summed E-state index contributed by atoms with van der Waals surface area (Å²) in [7, 11) is 0. The maximum atomic E-state index is 13.5. The number of ketones is 1. The van der Waals surface area contributed by atoms with Crippen molar-refractivity contribution in [3.05, 3.63) is 90.0 Å². The normalized spacial score (nSPS) is 14.5. The molecule has 194 valence electrons. The first-order valence-corrected chi connectivity index (χ1v) is 12.3. The van der Waals surface area contributed by atoms with Crippen LogP contribution in [-0.2, 0) is 0 Å². The van der Waals surface area contributed by atoms with E-state index in [0.29, 0.717) is 48.4 Å². The summed E-state index contributed by atoms with van der Waals surface area (Å²) in [6.07, 6.45) is 6.43. The molecule has 9 nitrogen and oxygen atoms in total. The number of halogens is 1. The summed E-state index contributed by atoms with van der Waals surface area (Å²) in [6.45, 7) is 2.55. The van der Waals surface area contributed by atoms with Gasteiger partial charge in [-0.15, -0.1) is 0 Å². The van der Waals surface area contributed by atoms with E-state index in [1.807, 2.05) is 6.07 Å². The van der Waals surface area contributed by atoms with Crippen molar-refractivity contribution in [3.63, 3.8) is 0 Å². The molecule has 4 rings (SSSR count). The van der Waals surface area contributed by atoms with E-state index in [-0.39, 0.29) is 29.4 Å². The molecule has 38 heavy (non-hydrogen) atoms. The lowest BCUT2D eigenvalue weighted by Crippen LogP contribution is -2.43. The minimum atomic E-state index is -0.355. The molecule has 0 saturated carbocycles. The summed E-state index contributed by atoms with van der Waals surface area (Å²) >= 11 is 0. The minimum Gasteiger partial charge on any atom is -0.369 e. The molecule has 0 unspecified atom stereocenters. The summed E-state index contributed by atoms with van der Waals surface area (Å²) in [6, 6.07) is 16.0. The number of guanidine groups is 1. The van der Waals surface area contributed by atoms with E-state index in [1.165, 1.54) is 12.1 Å². The maximum absolute atomic E-state index is 13.5. The number of aromatic nitrogens is 1. The molecule has 3 N–H and O–H groups in total. The van der Waals surface area contributed by atoms with E-state index in [0.717, 1.165) is 13.1 Å². The Bertz CT molecular complexity index is 1310. The van der Waals surface area contributed by atoms with Gasteiger partial charge in [-0.3, -0.25) is 19.9 Å². The van der Waals surface area contributed by atoms with Gasteiger partial charge in [0.2, 0.25) is 5.96 Å². The minimum absolute atomic E-state index is 0.0355. The number of carbonyl (C=O) groups excluding carboxylic acids is 2. The van der Waals surface area contributed by atoms with Crippen molar-refractivity contribution >= 4 is 29.0 Å². The summed E-state index contributed by atoms with van der Waals surface area (Å²) < 4.78 is 13.2. The van der Waals surface area contributed by atoms with E-state index in [2.05, 4.69) is 20.2 Å². The Labute approximate surface area is 220 Å². The molecule has 0 bridgehead atoms. The molecule has 1 amide bonds. The van der Waals surface area contributed by atoms with Crippen LogP contribution in [0, 0.1) is 23.2 Å². The molecule has 1 saturated heterocycles. The fraction of sp³-hybridized carbons (Fsp3) is 0.250. The van der Waals surface area contributed by atoms with Gasteiger partial charge >= 0.3 is 0 Å². The van der Waals surface area contributed by atoms with Crippen molar-refractivity contribution in [2.75, 3.05) is 31.1 Å². The van der Waals surface area contributed by atoms with Crippen LogP contribution in [-0.4, -0.2) is 53.7 Å². The number of nitrogens with one attached hydrogen (secondary N) is 1. The third-order valence-electron chi connectivity index (χ3n) is 6.48. The highest BCUT2D eigenvalue weighted by Crippen LogP contribution is 2.23. The van der Waals surface area contributed by atoms with E-state index in [4.69, 9.17) is 11.0 Å². The fourth-order valence-corrected chi connectivity index (χ4v) is 4.43. The SMILES string of the molecule is N#CNC(N)=Nc1ccc(C(=O)N(CCN2CCC(C(=O)c3ccc(F)cc3)CC2)c2cccnc2)cc1. The summed E-state index contributed by atoms with van der Waals surface area (Å²) in [5, 5.41) is 10.9. The van der Waals surface area contributed by atoms with Crippen molar-refractivity contribution in [2.45, 2.75) is 12.8 Å². The fourth-order valence-electron chi connectivity index (χ4n) is 4.43. The maximum Gasteiger partial charge on any atom is 0.258 e. The topological polar surface area (TPSA) is 128 Å². The van der Waals surface area contributed by atoms with Crippen molar-refractivity contribution in [1.29, 1.82) is 5.26 Å². The monoisotopic (exact) mass is 513 g/mol. The van der Waals surface area contributed by atoms with Gasteiger partial charge in [-0.1, -0.05) is 0 Å². The van der Waals surface area contributed by atoms with E-state index < -0.39 is 0 Å². The quantitative estimate of drug-likeness (QED) is 0.155. The van der Waals surface area contributed by atoms with Crippen LogP contribution in [0.1, 0.15) is 33.6 Å². The number of carbonyl (C=O) groups is 2. The lowest BCUT2D eigenvalue weighted by molar-refractivity contribution is 0.0841. The molecular weight excluding hydrogens is 485 g/mol. The Kier molecular flexibility index (Phi) is 8.74. The van der Waals surface area contributed by atoms with Crippen molar-refractivity contribution in [3.8, 4) is 6.19 Å². The Hall–Kier alpha value is -4.62. The van der Waals surface area contributed by atoms with Crippen LogP contribution < -0.4 is 16.0 Å². The van der Waals surface area contributed by atoms with E-state index in [9.17, 15) is 14.0 Å². The number of anilines is 1. The number of rotatable bonds is 8. The third-order valence-corrected chi connectivity index (χ3v) is 6.48. The largest absolute Gasteiger partial charge is 0.369 e. The first kappa shape index (κ1) is 26.4. The Balaban J connectivity index is 1.39. The van der Waals surface area contributed by atoms with Crippen LogP contribution in [0.3, 0.4) is 0 Å². The standard InChI is InChI=1S/C28H28FN7O2/c29-23-7-3-20(4-8-23)26(37)21-11-14-35(15-12-21)16-17-36(25-2-1-13-32-18-25)27(38)22-5-9-24(10-6-22)34-28(31)33-19-30/h1-10,13,18,21H,11-12,14-17H2,(H3,31,33,34). The van der Waals surface area contributed by atoms with Gasteiger partial charge in [-0.25, -0.2) is 9.38 Å². The number of aliphatic imine (C=N–C) groups is 1. The zero-order valence-corrected chi connectivity index (χ0v) is 20.8. The number of nitrogens with two attached hydrogens (primary N) is 1. The van der Waals surface area contributed by atoms with Crippen molar-refractivity contribution in [2.24, 2.45) is 16.6 Å². The van der Waals surface area contributed by atoms with Gasteiger partial charge in [0.25, 0.3) is 5.91 Å². The van der Waals surface area contributed by atoms with Crippen LogP contribution in [0.4, 0.5) is 15.8 Å². The zero-order chi connectivity index (χ0) is 26.9. The van der Waals surface area contributed by atoms with Gasteiger partial charge in [0.1, 0.15) is 5.82 Å².